The van der Waals surface area contributed by atoms with Crippen LogP contribution in [-0.2, 0) is 0 Å². The van der Waals surface area contributed by atoms with Crippen LogP contribution in [0.4, 0.5) is 0 Å². The van der Waals surface area contributed by atoms with E-state index in [4.69, 9.17) is 0 Å². The van der Waals surface area contributed by atoms with Crippen molar-refractivity contribution in [3.8, 4) is 17.3 Å². The first-order valence-electron chi connectivity index (χ1n) is 6.74. The highest BCUT2D eigenvalue weighted by atomic mass is 16.3. The summed E-state index contributed by atoms with van der Waals surface area (Å²) in [7, 11) is 0. The summed E-state index contributed by atoms with van der Waals surface area (Å²) in [5.41, 5.74) is 1.60. The summed E-state index contributed by atoms with van der Waals surface area (Å²) in [5.74, 6) is 0.0544. The molecular weight excluding hydrogens is 266 g/mol. The van der Waals surface area contributed by atoms with Crippen molar-refractivity contribution in [2.45, 2.75) is 19.8 Å². The number of benzene rings is 1. The summed E-state index contributed by atoms with van der Waals surface area (Å²) in [6.45, 7) is 3.68. The Labute approximate surface area is 121 Å². The zero-order valence-electron chi connectivity index (χ0n) is 11.8. The molecule has 0 saturated heterocycles. The first kappa shape index (κ1) is 13.3. The van der Waals surface area contributed by atoms with Crippen LogP contribution in [0.25, 0.3) is 22.3 Å². The first-order valence-corrected chi connectivity index (χ1v) is 6.74. The third kappa shape index (κ3) is 2.38. The molecule has 0 aliphatic heterocycles. The number of pyridine rings is 1. The fraction of sp³-hybridized carbons (Fsp3) is 0.188. The predicted molar refractivity (Wildman–Crippen MR) is 81.3 cm³/mol. The zero-order chi connectivity index (χ0) is 15.0. The highest BCUT2D eigenvalue weighted by Crippen LogP contribution is 2.24. The van der Waals surface area contributed by atoms with Crippen molar-refractivity contribution < 1.29 is 5.11 Å². The van der Waals surface area contributed by atoms with E-state index in [1.807, 2.05) is 44.2 Å². The Morgan fingerprint density at radius 3 is 2.76 bits per heavy atom. The Kier molecular flexibility index (Phi) is 3.17. The van der Waals surface area contributed by atoms with Crippen molar-refractivity contribution in [3.05, 3.63) is 52.4 Å². The van der Waals surface area contributed by atoms with E-state index in [0.29, 0.717) is 11.4 Å². The van der Waals surface area contributed by atoms with Crippen LogP contribution in [-0.4, -0.2) is 20.1 Å². The molecule has 0 atom stereocenters. The molecule has 3 aromatic rings. The topological polar surface area (TPSA) is 78.9 Å². The summed E-state index contributed by atoms with van der Waals surface area (Å²) in [6, 6.07) is 9.35. The van der Waals surface area contributed by atoms with Gasteiger partial charge in [-0.2, -0.15) is 4.98 Å². The van der Waals surface area contributed by atoms with Crippen LogP contribution in [0.3, 0.4) is 0 Å². The van der Waals surface area contributed by atoms with Crippen LogP contribution in [0.15, 0.2) is 41.3 Å². The molecule has 3 rings (SSSR count). The Balaban J connectivity index is 2.17. The lowest BCUT2D eigenvalue weighted by atomic mass is 10.1. The number of aromatic nitrogens is 3. The van der Waals surface area contributed by atoms with Gasteiger partial charge in [-0.05, 0) is 30.2 Å². The van der Waals surface area contributed by atoms with Crippen LogP contribution in [0.1, 0.15) is 25.3 Å². The molecule has 0 aliphatic rings. The minimum atomic E-state index is -0.307. The minimum Gasteiger partial charge on any atom is -0.493 e. The molecule has 106 valence electrons. The lowest BCUT2D eigenvalue weighted by Crippen LogP contribution is -2.16. The summed E-state index contributed by atoms with van der Waals surface area (Å²) >= 11 is 0. The molecule has 21 heavy (non-hydrogen) atoms. The lowest BCUT2D eigenvalue weighted by molar-refractivity contribution is 0.440. The van der Waals surface area contributed by atoms with Crippen molar-refractivity contribution >= 4 is 10.9 Å². The summed E-state index contributed by atoms with van der Waals surface area (Å²) in [6.07, 6.45) is 1.73. The van der Waals surface area contributed by atoms with Crippen LogP contribution in [0.2, 0.25) is 0 Å². The van der Waals surface area contributed by atoms with Crippen LogP contribution >= 0.6 is 0 Å². The standard InChI is InChI=1S/C16H15N3O2/c1-9(2)13-15(20)18-14(19-16(13)21)11-5-6-12-10(8-11)4-3-7-17-12/h3-9H,1-2H3,(H2,18,19,20,21). The van der Waals surface area contributed by atoms with Gasteiger partial charge in [-0.3, -0.25) is 9.78 Å². The summed E-state index contributed by atoms with van der Waals surface area (Å²) in [4.78, 5) is 23.2. The third-order valence-electron chi connectivity index (χ3n) is 3.39. The largest absolute Gasteiger partial charge is 0.493 e. The molecule has 2 aromatic heterocycles. The molecule has 0 fully saturated rings. The maximum absolute atomic E-state index is 12.1. The van der Waals surface area contributed by atoms with Crippen LogP contribution in [0.5, 0.6) is 5.88 Å². The molecular formula is C16H15N3O2. The van der Waals surface area contributed by atoms with Gasteiger partial charge in [0.25, 0.3) is 5.56 Å². The van der Waals surface area contributed by atoms with Crippen molar-refractivity contribution in [3.63, 3.8) is 0 Å². The molecule has 0 amide bonds. The van der Waals surface area contributed by atoms with Gasteiger partial charge in [-0.1, -0.05) is 19.9 Å². The molecule has 0 radical (unpaired) electrons. The number of nitrogens with one attached hydrogen (secondary N) is 1. The highest BCUT2D eigenvalue weighted by Gasteiger charge is 2.14. The van der Waals surface area contributed by atoms with Gasteiger partial charge in [-0.15, -0.1) is 0 Å². The van der Waals surface area contributed by atoms with E-state index in [1.165, 1.54) is 0 Å². The number of fused-ring (bicyclic) bond motifs is 1. The number of hydrogen-bond donors (Lipinski definition) is 2. The second-order valence-corrected chi connectivity index (χ2v) is 5.22. The molecule has 0 bridgehead atoms. The van der Waals surface area contributed by atoms with Gasteiger partial charge in [0.1, 0.15) is 5.82 Å². The van der Waals surface area contributed by atoms with E-state index in [2.05, 4.69) is 15.0 Å². The van der Waals surface area contributed by atoms with Gasteiger partial charge in [0.15, 0.2) is 0 Å². The van der Waals surface area contributed by atoms with Crippen molar-refractivity contribution in [2.24, 2.45) is 0 Å². The first-order chi connectivity index (χ1) is 10.1. The number of hydrogen-bond acceptors (Lipinski definition) is 4. The van der Waals surface area contributed by atoms with E-state index in [1.54, 1.807) is 6.20 Å². The monoisotopic (exact) mass is 281 g/mol. The maximum Gasteiger partial charge on any atom is 0.258 e. The molecule has 5 nitrogen and oxygen atoms in total. The van der Waals surface area contributed by atoms with Crippen molar-refractivity contribution in [2.75, 3.05) is 0 Å². The quantitative estimate of drug-likeness (QED) is 0.757. The van der Waals surface area contributed by atoms with Gasteiger partial charge in [0, 0.05) is 17.1 Å². The molecule has 0 saturated carbocycles. The number of aromatic hydroxyl groups is 1. The van der Waals surface area contributed by atoms with E-state index >= 15 is 0 Å². The van der Waals surface area contributed by atoms with Crippen molar-refractivity contribution in [1.29, 1.82) is 0 Å². The number of aromatic amines is 1. The van der Waals surface area contributed by atoms with Gasteiger partial charge < -0.3 is 10.1 Å². The molecule has 5 heteroatoms. The Morgan fingerprint density at radius 1 is 1.24 bits per heavy atom. The minimum absolute atomic E-state index is 0.0869. The Bertz CT molecular complexity index is 869. The molecule has 2 N–H and O–H groups in total. The SMILES string of the molecule is CC(C)c1c(O)nc(-c2ccc3ncccc3c2)[nH]c1=O. The van der Waals surface area contributed by atoms with E-state index in [9.17, 15) is 9.90 Å². The molecule has 2 heterocycles. The normalized spacial score (nSPS) is 11.2. The average molecular weight is 281 g/mol. The third-order valence-corrected chi connectivity index (χ3v) is 3.39. The van der Waals surface area contributed by atoms with Crippen molar-refractivity contribution in [1.82, 2.24) is 15.0 Å². The fourth-order valence-corrected chi connectivity index (χ4v) is 2.35. The lowest BCUT2D eigenvalue weighted by Gasteiger charge is -2.08. The summed E-state index contributed by atoms with van der Waals surface area (Å²) in [5, 5.41) is 10.9. The van der Waals surface area contributed by atoms with E-state index in [0.717, 1.165) is 16.5 Å². The summed E-state index contributed by atoms with van der Waals surface area (Å²) < 4.78 is 0. The second kappa shape index (κ2) is 5.01. The highest BCUT2D eigenvalue weighted by molar-refractivity contribution is 5.83. The molecule has 0 aliphatic carbocycles. The Hall–Kier alpha value is -2.69. The van der Waals surface area contributed by atoms with E-state index < -0.39 is 0 Å². The van der Waals surface area contributed by atoms with Crippen LogP contribution in [0, 0.1) is 0 Å². The molecule has 0 unspecified atom stereocenters. The van der Waals surface area contributed by atoms with Gasteiger partial charge in [0.2, 0.25) is 5.88 Å². The Morgan fingerprint density at radius 2 is 2.05 bits per heavy atom. The zero-order valence-corrected chi connectivity index (χ0v) is 11.8. The van der Waals surface area contributed by atoms with Gasteiger partial charge in [-0.25, -0.2) is 0 Å². The molecule has 1 aromatic carbocycles. The predicted octanol–water partition coefficient (Wildman–Crippen LogP) is 2.81. The maximum atomic E-state index is 12.1. The smallest absolute Gasteiger partial charge is 0.258 e. The number of nitrogens with zero attached hydrogens (tertiary/aromatic N) is 2. The van der Waals surface area contributed by atoms with Gasteiger partial charge in [0.05, 0.1) is 11.1 Å². The molecule has 0 spiro atoms. The van der Waals surface area contributed by atoms with E-state index in [-0.39, 0.29) is 17.4 Å². The fourth-order valence-electron chi connectivity index (χ4n) is 2.35. The second-order valence-electron chi connectivity index (χ2n) is 5.22. The number of rotatable bonds is 2. The van der Waals surface area contributed by atoms with Crippen LogP contribution < -0.4 is 5.56 Å². The average Bonchev–Trinajstić information content (AvgIpc) is 2.45. The number of H-pyrrole nitrogens is 1. The van der Waals surface area contributed by atoms with Gasteiger partial charge >= 0.3 is 0 Å².